The molecule has 2 atom stereocenters. The molecule has 4 nitrogen and oxygen atoms in total. The monoisotopic (exact) mass is 254 g/mol. The minimum Gasteiger partial charge on any atom is -0.475 e. The number of aliphatic carboxylic acids is 1. The Bertz CT molecular complexity index is 292. The Labute approximate surface area is 97.6 Å². The molecule has 0 amide bonds. The second-order valence-corrected chi connectivity index (χ2v) is 4.60. The van der Waals surface area contributed by atoms with E-state index in [1.807, 2.05) is 0 Å². The summed E-state index contributed by atoms with van der Waals surface area (Å²) in [7, 11) is 2.18. The fraction of sp³-hybridized carbons (Fsp3) is 0.900. The number of fused-ring (bicyclic) bond motifs is 2. The number of nitrogens with two attached hydrogens (primary N) is 1. The average Bonchev–Trinajstić information content (AvgIpc) is 2.38. The molecule has 2 saturated heterocycles. The lowest BCUT2D eigenvalue weighted by molar-refractivity contribution is -0.192. The van der Waals surface area contributed by atoms with Gasteiger partial charge in [-0.3, -0.25) is 4.90 Å². The van der Waals surface area contributed by atoms with Gasteiger partial charge in [-0.2, -0.15) is 13.2 Å². The summed E-state index contributed by atoms with van der Waals surface area (Å²) in [5, 5.41) is 7.12. The second kappa shape index (κ2) is 4.81. The first kappa shape index (κ1) is 14.2. The van der Waals surface area contributed by atoms with Crippen LogP contribution < -0.4 is 5.73 Å². The number of carboxylic acids is 1. The highest BCUT2D eigenvalue weighted by molar-refractivity contribution is 5.73. The maximum absolute atomic E-state index is 10.6. The number of hydrogen-bond acceptors (Lipinski definition) is 3. The molecule has 0 aliphatic carbocycles. The number of hydrogen-bond donors (Lipinski definition) is 2. The van der Waals surface area contributed by atoms with E-state index in [4.69, 9.17) is 15.6 Å². The number of nitrogens with zero attached hydrogens (tertiary/aromatic N) is 1. The summed E-state index contributed by atoms with van der Waals surface area (Å²) >= 11 is 0. The van der Waals surface area contributed by atoms with Gasteiger partial charge >= 0.3 is 12.1 Å². The van der Waals surface area contributed by atoms with Crippen LogP contribution in [0.2, 0.25) is 0 Å². The van der Waals surface area contributed by atoms with Gasteiger partial charge in [0.1, 0.15) is 0 Å². The van der Waals surface area contributed by atoms with Gasteiger partial charge in [0.15, 0.2) is 0 Å². The molecule has 0 saturated carbocycles. The van der Waals surface area contributed by atoms with Gasteiger partial charge in [-0.1, -0.05) is 0 Å². The molecule has 2 aliphatic heterocycles. The number of halogens is 3. The molecule has 7 heteroatoms. The first-order valence-corrected chi connectivity index (χ1v) is 5.49. The Morgan fingerprint density at radius 3 is 2.29 bits per heavy atom. The Hall–Kier alpha value is -0.820. The summed E-state index contributed by atoms with van der Waals surface area (Å²) in [5.74, 6) is -2.76. The molecule has 2 fully saturated rings. The van der Waals surface area contributed by atoms with E-state index in [0.717, 1.165) is 6.04 Å². The van der Waals surface area contributed by atoms with Gasteiger partial charge in [0.25, 0.3) is 0 Å². The molecule has 17 heavy (non-hydrogen) atoms. The van der Waals surface area contributed by atoms with E-state index in [0.29, 0.717) is 0 Å². The van der Waals surface area contributed by atoms with Crippen LogP contribution in [0.15, 0.2) is 0 Å². The van der Waals surface area contributed by atoms with Crippen LogP contribution in [0, 0.1) is 0 Å². The van der Waals surface area contributed by atoms with Crippen molar-refractivity contribution in [2.75, 3.05) is 7.05 Å². The van der Waals surface area contributed by atoms with Crippen molar-refractivity contribution < 1.29 is 23.1 Å². The number of alkyl halides is 3. The van der Waals surface area contributed by atoms with Crippen molar-refractivity contribution in [3.63, 3.8) is 0 Å². The van der Waals surface area contributed by atoms with Crippen molar-refractivity contribution in [1.29, 1.82) is 0 Å². The van der Waals surface area contributed by atoms with Gasteiger partial charge < -0.3 is 10.8 Å². The molecule has 0 unspecified atom stereocenters. The maximum Gasteiger partial charge on any atom is 0.490 e. The maximum atomic E-state index is 10.6. The van der Waals surface area contributed by atoms with E-state index < -0.39 is 12.1 Å². The van der Waals surface area contributed by atoms with E-state index in [9.17, 15) is 13.2 Å². The molecule has 0 aromatic rings. The van der Waals surface area contributed by atoms with Crippen molar-refractivity contribution in [2.24, 2.45) is 5.73 Å². The highest BCUT2D eigenvalue weighted by Gasteiger charge is 2.43. The standard InChI is InChI=1S/C8H16N2.C2HF3O2/c1-10-7-3-2-5-8(10,9)6-4-7;3-2(4,5)1(6)7/h7H,2-6,9H2,1H3;(H,6,7)/t7-,8+;/m1./s1. The smallest absolute Gasteiger partial charge is 0.475 e. The van der Waals surface area contributed by atoms with E-state index in [1.165, 1.54) is 32.1 Å². The molecule has 2 aliphatic rings. The fourth-order valence-corrected chi connectivity index (χ4v) is 2.43. The highest BCUT2D eigenvalue weighted by atomic mass is 19.4. The van der Waals surface area contributed by atoms with Crippen molar-refractivity contribution in [3.05, 3.63) is 0 Å². The van der Waals surface area contributed by atoms with Crippen LogP contribution in [0.1, 0.15) is 32.1 Å². The molecule has 0 aromatic carbocycles. The molecule has 0 radical (unpaired) electrons. The van der Waals surface area contributed by atoms with E-state index in [-0.39, 0.29) is 5.66 Å². The van der Waals surface area contributed by atoms with Crippen LogP contribution in [0.25, 0.3) is 0 Å². The minimum atomic E-state index is -5.08. The lowest BCUT2D eigenvalue weighted by atomic mass is 9.99. The summed E-state index contributed by atoms with van der Waals surface area (Å²) in [6.07, 6.45) is 1.38. The van der Waals surface area contributed by atoms with E-state index >= 15 is 0 Å². The van der Waals surface area contributed by atoms with Crippen molar-refractivity contribution in [3.8, 4) is 0 Å². The van der Waals surface area contributed by atoms with Crippen molar-refractivity contribution in [1.82, 2.24) is 4.90 Å². The predicted molar refractivity (Wildman–Crippen MR) is 55.2 cm³/mol. The van der Waals surface area contributed by atoms with Gasteiger partial charge in [-0.25, -0.2) is 4.79 Å². The molecule has 0 spiro atoms. The number of rotatable bonds is 0. The first-order valence-electron chi connectivity index (χ1n) is 5.49. The van der Waals surface area contributed by atoms with Gasteiger partial charge in [-0.05, 0) is 39.2 Å². The normalized spacial score (nSPS) is 32.9. The third kappa shape index (κ3) is 3.32. The minimum absolute atomic E-state index is 0.0862. The largest absolute Gasteiger partial charge is 0.490 e. The van der Waals surface area contributed by atoms with Gasteiger partial charge in [-0.15, -0.1) is 0 Å². The first-order chi connectivity index (χ1) is 7.67. The Morgan fingerprint density at radius 2 is 1.94 bits per heavy atom. The SMILES string of the molecule is CN1[C@@H]2CCC[C@@]1(N)CC2.O=C(O)C(F)(F)F. The van der Waals surface area contributed by atoms with Gasteiger partial charge in [0, 0.05) is 6.04 Å². The highest BCUT2D eigenvalue weighted by Crippen LogP contribution is 2.38. The molecule has 0 aromatic heterocycles. The third-order valence-electron chi connectivity index (χ3n) is 3.55. The molecular formula is C10H17F3N2O2. The molecule has 2 bridgehead atoms. The van der Waals surface area contributed by atoms with Crippen LogP contribution >= 0.6 is 0 Å². The van der Waals surface area contributed by atoms with Gasteiger partial charge in [0.2, 0.25) is 0 Å². The average molecular weight is 254 g/mol. The zero-order chi connectivity index (χ0) is 13.3. The van der Waals surface area contributed by atoms with Gasteiger partial charge in [0.05, 0.1) is 5.66 Å². The van der Waals surface area contributed by atoms with Crippen molar-refractivity contribution >= 4 is 5.97 Å². The van der Waals surface area contributed by atoms with Crippen LogP contribution in [0.4, 0.5) is 13.2 Å². The Kier molecular flexibility index (Phi) is 4.03. The number of carboxylic acid groups (broad SMARTS) is 1. The summed E-state index contributed by atoms with van der Waals surface area (Å²) in [5.41, 5.74) is 6.26. The summed E-state index contributed by atoms with van der Waals surface area (Å²) < 4.78 is 31.7. The number of piperidine rings is 1. The van der Waals surface area contributed by atoms with Crippen LogP contribution in [0.3, 0.4) is 0 Å². The van der Waals surface area contributed by atoms with Crippen LogP contribution in [-0.2, 0) is 4.79 Å². The Balaban J connectivity index is 0.000000185. The number of carbonyl (C=O) groups is 1. The third-order valence-corrected chi connectivity index (χ3v) is 3.55. The lowest BCUT2D eigenvalue weighted by Gasteiger charge is -2.39. The van der Waals surface area contributed by atoms with Crippen LogP contribution in [0.5, 0.6) is 0 Å². The fourth-order valence-electron chi connectivity index (χ4n) is 2.43. The molecule has 3 N–H and O–H groups in total. The zero-order valence-electron chi connectivity index (χ0n) is 9.63. The summed E-state index contributed by atoms with van der Waals surface area (Å²) in [6.45, 7) is 0. The van der Waals surface area contributed by atoms with Crippen LogP contribution in [-0.4, -0.2) is 40.9 Å². The molecule has 100 valence electrons. The molecular weight excluding hydrogens is 237 g/mol. The zero-order valence-corrected chi connectivity index (χ0v) is 9.63. The lowest BCUT2D eigenvalue weighted by Crippen LogP contribution is -2.54. The van der Waals surface area contributed by atoms with E-state index in [2.05, 4.69) is 11.9 Å². The quantitative estimate of drug-likeness (QED) is 0.688. The second-order valence-electron chi connectivity index (χ2n) is 4.60. The van der Waals surface area contributed by atoms with E-state index in [1.54, 1.807) is 0 Å². The predicted octanol–water partition coefficient (Wildman–Crippen LogP) is 1.55. The summed E-state index contributed by atoms with van der Waals surface area (Å²) in [6, 6.07) is 0.804. The van der Waals surface area contributed by atoms with Crippen molar-refractivity contribution in [2.45, 2.75) is 50.0 Å². The molecule has 2 rings (SSSR count). The molecule has 2 heterocycles. The topological polar surface area (TPSA) is 66.6 Å². The Morgan fingerprint density at radius 1 is 1.41 bits per heavy atom. The summed E-state index contributed by atoms with van der Waals surface area (Å²) in [4.78, 5) is 11.3.